The largest absolute Gasteiger partial charge is 0.434 e. The van der Waals surface area contributed by atoms with Gasteiger partial charge in [-0.2, -0.15) is 13.2 Å². The highest BCUT2D eigenvalue weighted by Gasteiger charge is 2.39. The molecule has 2 aromatic heterocycles. The number of anilines is 1. The van der Waals surface area contributed by atoms with Crippen LogP contribution in [0.5, 0.6) is 0 Å². The molecule has 176 valence electrons. The number of hydrogen-bond acceptors (Lipinski definition) is 8. The molecule has 2 fully saturated rings. The summed E-state index contributed by atoms with van der Waals surface area (Å²) in [5.74, 6) is -0.975. The number of likely N-dealkylation sites (tertiary alicyclic amines) is 1. The number of alkyl halides is 3. The fourth-order valence-corrected chi connectivity index (χ4v) is 5.62. The zero-order valence-electron chi connectivity index (χ0n) is 17.2. The van der Waals surface area contributed by atoms with Crippen LogP contribution in [0.15, 0.2) is 6.20 Å². The standard InChI is InChI=1S/C18H22F4N6O2S2/c1-32(29,30)28-7-3-11(4-8-28)24-17-23-9-12(19)14(26-17)15-16(18(20,21)22)25-13(31-15)10-27-5-2-6-27/h9,11H,2-8,10H2,1H3,(H,23,24,26). The molecule has 32 heavy (non-hydrogen) atoms. The van der Waals surface area contributed by atoms with Crippen molar-refractivity contribution in [2.75, 3.05) is 37.8 Å². The molecule has 0 unspecified atom stereocenters. The maximum absolute atomic E-state index is 14.5. The van der Waals surface area contributed by atoms with Crippen LogP contribution in [0, 0.1) is 5.82 Å². The van der Waals surface area contributed by atoms with E-state index in [0.717, 1.165) is 43.3 Å². The second kappa shape index (κ2) is 8.80. The molecule has 1 N–H and O–H groups in total. The first kappa shape index (κ1) is 23.3. The lowest BCUT2D eigenvalue weighted by Crippen LogP contribution is -2.42. The van der Waals surface area contributed by atoms with Crippen molar-refractivity contribution in [2.45, 2.75) is 38.0 Å². The van der Waals surface area contributed by atoms with E-state index in [1.165, 1.54) is 4.31 Å². The van der Waals surface area contributed by atoms with E-state index in [9.17, 15) is 26.0 Å². The summed E-state index contributed by atoms with van der Waals surface area (Å²) in [6, 6.07) is -0.183. The van der Waals surface area contributed by atoms with E-state index in [2.05, 4.69) is 20.3 Å². The first-order valence-corrected chi connectivity index (χ1v) is 12.7. The molecule has 0 atom stereocenters. The third-order valence-corrected chi connectivity index (χ3v) is 7.81. The van der Waals surface area contributed by atoms with Gasteiger partial charge in [0, 0.05) is 19.1 Å². The molecular weight excluding hydrogens is 472 g/mol. The average molecular weight is 495 g/mol. The lowest BCUT2D eigenvalue weighted by Gasteiger charge is -2.30. The van der Waals surface area contributed by atoms with Crippen LogP contribution in [0.1, 0.15) is 30.0 Å². The summed E-state index contributed by atoms with van der Waals surface area (Å²) in [6.07, 6.45) is -0.842. The summed E-state index contributed by atoms with van der Waals surface area (Å²) in [5.41, 5.74) is -1.60. The minimum atomic E-state index is -4.75. The fourth-order valence-electron chi connectivity index (χ4n) is 3.63. The van der Waals surface area contributed by atoms with Gasteiger partial charge in [-0.3, -0.25) is 4.90 Å². The second-order valence-electron chi connectivity index (χ2n) is 7.88. The molecule has 2 aliphatic heterocycles. The Morgan fingerprint density at radius 3 is 2.44 bits per heavy atom. The van der Waals surface area contributed by atoms with Crippen LogP contribution in [0.2, 0.25) is 0 Å². The highest BCUT2D eigenvalue weighted by atomic mass is 32.2. The summed E-state index contributed by atoms with van der Waals surface area (Å²) in [6.45, 7) is 2.48. The normalized spacial score (nSPS) is 19.2. The van der Waals surface area contributed by atoms with Gasteiger partial charge in [-0.1, -0.05) is 0 Å². The van der Waals surface area contributed by atoms with Crippen LogP contribution >= 0.6 is 11.3 Å². The minimum Gasteiger partial charge on any atom is -0.351 e. The first-order valence-electron chi connectivity index (χ1n) is 10.0. The van der Waals surface area contributed by atoms with Crippen molar-refractivity contribution in [1.82, 2.24) is 24.2 Å². The highest BCUT2D eigenvalue weighted by molar-refractivity contribution is 7.88. The Bertz CT molecular complexity index is 1080. The third-order valence-electron chi connectivity index (χ3n) is 5.46. The van der Waals surface area contributed by atoms with Crippen LogP contribution in [0.3, 0.4) is 0 Å². The predicted octanol–water partition coefficient (Wildman–Crippen LogP) is 2.80. The van der Waals surface area contributed by atoms with Gasteiger partial charge in [-0.05, 0) is 32.4 Å². The number of nitrogens with one attached hydrogen (secondary N) is 1. The van der Waals surface area contributed by atoms with Crippen molar-refractivity contribution in [3.8, 4) is 10.6 Å². The molecule has 0 aliphatic carbocycles. The number of aromatic nitrogens is 3. The molecule has 0 aromatic carbocycles. The highest BCUT2D eigenvalue weighted by Crippen LogP contribution is 2.41. The molecule has 14 heteroatoms. The van der Waals surface area contributed by atoms with Crippen LogP contribution < -0.4 is 5.32 Å². The van der Waals surface area contributed by atoms with Gasteiger partial charge in [0.15, 0.2) is 11.5 Å². The summed E-state index contributed by atoms with van der Waals surface area (Å²) >= 11 is 0.785. The van der Waals surface area contributed by atoms with E-state index in [4.69, 9.17) is 0 Å². The Kier molecular flexibility index (Phi) is 6.40. The van der Waals surface area contributed by atoms with Gasteiger partial charge in [0.05, 0.1) is 23.9 Å². The average Bonchev–Trinajstić information content (AvgIpc) is 3.10. The quantitative estimate of drug-likeness (QED) is 0.618. The topological polar surface area (TPSA) is 91.3 Å². The lowest BCUT2D eigenvalue weighted by atomic mass is 10.1. The van der Waals surface area contributed by atoms with E-state index in [-0.39, 0.29) is 28.4 Å². The number of thiazole rings is 1. The SMILES string of the molecule is CS(=O)(=O)N1CCC(Nc2ncc(F)c(-c3sc(CN4CCC4)nc3C(F)(F)F)n2)CC1. The Morgan fingerprint density at radius 2 is 1.88 bits per heavy atom. The van der Waals surface area contributed by atoms with E-state index in [1.54, 1.807) is 0 Å². The van der Waals surface area contributed by atoms with Crippen LogP contribution in [0.4, 0.5) is 23.5 Å². The third kappa shape index (κ3) is 5.18. The van der Waals surface area contributed by atoms with Crippen LogP contribution in [-0.2, 0) is 22.7 Å². The zero-order valence-corrected chi connectivity index (χ0v) is 18.8. The maximum atomic E-state index is 14.5. The molecule has 2 saturated heterocycles. The van der Waals surface area contributed by atoms with Gasteiger partial charge in [-0.15, -0.1) is 11.3 Å². The summed E-state index contributed by atoms with van der Waals surface area (Å²) in [7, 11) is -3.28. The molecule has 0 spiro atoms. The van der Waals surface area contributed by atoms with E-state index < -0.39 is 33.4 Å². The summed E-state index contributed by atoms with van der Waals surface area (Å²) in [4.78, 5) is 13.2. The molecule has 0 saturated carbocycles. The maximum Gasteiger partial charge on any atom is 0.434 e. The molecule has 8 nitrogen and oxygen atoms in total. The molecule has 4 heterocycles. The van der Waals surface area contributed by atoms with Gasteiger partial charge in [0.2, 0.25) is 16.0 Å². The van der Waals surface area contributed by atoms with Crippen molar-refractivity contribution in [2.24, 2.45) is 0 Å². The zero-order chi connectivity index (χ0) is 23.1. The van der Waals surface area contributed by atoms with Gasteiger partial charge in [0.25, 0.3) is 0 Å². The van der Waals surface area contributed by atoms with Gasteiger partial charge in [-0.25, -0.2) is 32.1 Å². The van der Waals surface area contributed by atoms with Crippen molar-refractivity contribution < 1.29 is 26.0 Å². The number of piperidine rings is 1. The Hall–Kier alpha value is -1.90. The number of nitrogens with zero attached hydrogens (tertiary/aromatic N) is 5. The second-order valence-corrected chi connectivity index (χ2v) is 10.9. The molecule has 0 bridgehead atoms. The van der Waals surface area contributed by atoms with Crippen molar-refractivity contribution in [1.29, 1.82) is 0 Å². The van der Waals surface area contributed by atoms with E-state index in [0.29, 0.717) is 25.9 Å². The molecule has 2 aliphatic rings. The molecule has 0 radical (unpaired) electrons. The van der Waals surface area contributed by atoms with Gasteiger partial charge >= 0.3 is 6.18 Å². The summed E-state index contributed by atoms with van der Waals surface area (Å²) in [5, 5.41) is 3.25. The van der Waals surface area contributed by atoms with E-state index >= 15 is 0 Å². The lowest BCUT2D eigenvalue weighted by molar-refractivity contribution is -0.140. The van der Waals surface area contributed by atoms with Crippen molar-refractivity contribution in [3.05, 3.63) is 22.7 Å². The minimum absolute atomic E-state index is 0.00924. The van der Waals surface area contributed by atoms with Crippen molar-refractivity contribution in [3.63, 3.8) is 0 Å². The molecule has 0 amide bonds. The molecular formula is C18H22F4N6O2S2. The Morgan fingerprint density at radius 1 is 1.19 bits per heavy atom. The number of rotatable bonds is 6. The van der Waals surface area contributed by atoms with Gasteiger partial charge in [0.1, 0.15) is 10.7 Å². The monoisotopic (exact) mass is 494 g/mol. The number of sulfonamides is 1. The number of hydrogen-bond donors (Lipinski definition) is 1. The predicted molar refractivity (Wildman–Crippen MR) is 111 cm³/mol. The van der Waals surface area contributed by atoms with Gasteiger partial charge < -0.3 is 5.32 Å². The van der Waals surface area contributed by atoms with E-state index in [1.807, 2.05) is 4.90 Å². The fraction of sp³-hybridized carbons (Fsp3) is 0.611. The van der Waals surface area contributed by atoms with Crippen LogP contribution in [0.25, 0.3) is 10.6 Å². The Labute approximate surface area is 186 Å². The number of halogens is 4. The van der Waals surface area contributed by atoms with Crippen LogP contribution in [-0.4, -0.2) is 71.1 Å². The van der Waals surface area contributed by atoms with Crippen molar-refractivity contribution >= 4 is 27.3 Å². The Balaban J connectivity index is 1.56. The summed E-state index contributed by atoms with van der Waals surface area (Å²) < 4.78 is 80.0. The first-order chi connectivity index (χ1) is 15.0. The smallest absolute Gasteiger partial charge is 0.351 e. The molecule has 2 aromatic rings. The molecule has 4 rings (SSSR count).